The predicted octanol–water partition coefficient (Wildman–Crippen LogP) is 2.66. The molecule has 0 amide bonds. The van der Waals surface area contributed by atoms with Crippen LogP contribution in [0, 0.1) is 0 Å². The summed E-state index contributed by atoms with van der Waals surface area (Å²) in [5, 5.41) is 0.579. The summed E-state index contributed by atoms with van der Waals surface area (Å²) in [4.78, 5) is 8.94. The number of hydrogen-bond donors (Lipinski definition) is 0. The second-order valence-corrected chi connectivity index (χ2v) is 5.10. The second-order valence-electron chi connectivity index (χ2n) is 4.71. The van der Waals surface area contributed by atoms with Crippen LogP contribution >= 0.6 is 11.6 Å². The molecule has 0 spiro atoms. The fourth-order valence-corrected chi connectivity index (χ4v) is 2.67. The zero-order valence-corrected chi connectivity index (χ0v) is 11.3. The smallest absolute Gasteiger partial charge is 0.131 e. The number of aromatic nitrogens is 1. The first-order valence-electron chi connectivity index (χ1n) is 6.27. The van der Waals surface area contributed by atoms with Gasteiger partial charge in [-0.05, 0) is 38.6 Å². The normalized spacial score (nSPS) is 22.5. The Hall–Kier alpha value is -0.800. The monoisotopic (exact) mass is 253 g/mol. The summed E-state index contributed by atoms with van der Waals surface area (Å²) in [6.07, 6.45) is 4.15. The molecule has 1 aromatic heterocycles. The summed E-state index contributed by atoms with van der Waals surface area (Å²) < 4.78 is 0. The van der Waals surface area contributed by atoms with Crippen LogP contribution in [0.1, 0.15) is 19.8 Å². The van der Waals surface area contributed by atoms with E-state index in [0.717, 1.165) is 19.5 Å². The van der Waals surface area contributed by atoms with Gasteiger partial charge < -0.3 is 9.80 Å². The van der Waals surface area contributed by atoms with Crippen LogP contribution in [0.2, 0.25) is 5.15 Å². The third-order valence-corrected chi connectivity index (χ3v) is 3.62. The van der Waals surface area contributed by atoms with Gasteiger partial charge in [0, 0.05) is 31.0 Å². The van der Waals surface area contributed by atoms with Crippen LogP contribution in [0.4, 0.5) is 5.69 Å². The lowest BCUT2D eigenvalue weighted by molar-refractivity contribution is 0.328. The molecule has 94 valence electrons. The molecule has 1 aliphatic rings. The molecule has 1 unspecified atom stereocenters. The molecule has 1 fully saturated rings. The van der Waals surface area contributed by atoms with Gasteiger partial charge in [-0.2, -0.15) is 0 Å². The second kappa shape index (κ2) is 5.69. The van der Waals surface area contributed by atoms with Crippen molar-refractivity contribution in [3.63, 3.8) is 0 Å². The third kappa shape index (κ3) is 3.11. The van der Waals surface area contributed by atoms with Gasteiger partial charge in [0.15, 0.2) is 0 Å². The Bertz CT molecular complexity index is 369. The van der Waals surface area contributed by atoms with Crippen LogP contribution in [0.3, 0.4) is 0 Å². The van der Waals surface area contributed by atoms with Gasteiger partial charge >= 0.3 is 0 Å². The minimum atomic E-state index is 0.570. The van der Waals surface area contributed by atoms with Crippen molar-refractivity contribution in [2.75, 3.05) is 31.6 Å². The number of pyridine rings is 1. The molecule has 2 heterocycles. The van der Waals surface area contributed by atoms with Crippen molar-refractivity contribution >= 4 is 17.3 Å². The highest BCUT2D eigenvalue weighted by Crippen LogP contribution is 2.23. The number of rotatable bonds is 2. The average molecular weight is 254 g/mol. The number of halogens is 1. The lowest BCUT2D eigenvalue weighted by atomic mass is 10.1. The summed E-state index contributed by atoms with van der Waals surface area (Å²) in [6.45, 7) is 5.64. The fraction of sp³-hybridized carbons (Fsp3) is 0.615. The third-order valence-electron chi connectivity index (χ3n) is 3.42. The minimum Gasteiger partial charge on any atom is -0.367 e. The highest BCUT2D eigenvalue weighted by Gasteiger charge is 2.22. The SMILES string of the molecule is CCC1CN(C)CCCN1c1ccnc(Cl)c1. The number of likely N-dealkylation sites (N-methyl/N-ethyl adjacent to an activating group) is 1. The molecule has 1 saturated heterocycles. The van der Waals surface area contributed by atoms with Crippen molar-refractivity contribution in [3.8, 4) is 0 Å². The Labute approximate surface area is 108 Å². The zero-order valence-electron chi connectivity index (χ0n) is 10.6. The molecule has 0 radical (unpaired) electrons. The van der Waals surface area contributed by atoms with Crippen molar-refractivity contribution in [3.05, 3.63) is 23.5 Å². The van der Waals surface area contributed by atoms with Gasteiger partial charge in [0.25, 0.3) is 0 Å². The topological polar surface area (TPSA) is 19.4 Å². The molecule has 0 N–H and O–H groups in total. The molecule has 4 heteroatoms. The first-order chi connectivity index (χ1) is 8.20. The van der Waals surface area contributed by atoms with E-state index in [1.54, 1.807) is 6.20 Å². The van der Waals surface area contributed by atoms with E-state index >= 15 is 0 Å². The Morgan fingerprint density at radius 3 is 3.00 bits per heavy atom. The van der Waals surface area contributed by atoms with E-state index in [9.17, 15) is 0 Å². The van der Waals surface area contributed by atoms with Crippen molar-refractivity contribution in [2.24, 2.45) is 0 Å². The Morgan fingerprint density at radius 1 is 1.47 bits per heavy atom. The van der Waals surface area contributed by atoms with E-state index in [-0.39, 0.29) is 0 Å². The fourth-order valence-electron chi connectivity index (χ4n) is 2.50. The Morgan fingerprint density at radius 2 is 2.29 bits per heavy atom. The van der Waals surface area contributed by atoms with Crippen molar-refractivity contribution in [1.29, 1.82) is 0 Å². The molecule has 1 atom stereocenters. The largest absolute Gasteiger partial charge is 0.367 e. The quantitative estimate of drug-likeness (QED) is 0.756. The lowest BCUT2D eigenvalue weighted by Gasteiger charge is -2.32. The van der Waals surface area contributed by atoms with Gasteiger partial charge in [-0.1, -0.05) is 18.5 Å². The predicted molar refractivity (Wildman–Crippen MR) is 72.8 cm³/mol. The Kier molecular flexibility index (Phi) is 4.24. The van der Waals surface area contributed by atoms with Crippen LogP contribution in [0.25, 0.3) is 0 Å². The first-order valence-corrected chi connectivity index (χ1v) is 6.65. The van der Waals surface area contributed by atoms with Crippen LogP contribution in [-0.4, -0.2) is 42.6 Å². The molecule has 0 aliphatic carbocycles. The zero-order chi connectivity index (χ0) is 12.3. The van der Waals surface area contributed by atoms with Gasteiger partial charge in [-0.3, -0.25) is 0 Å². The first kappa shape index (κ1) is 12.7. The molecule has 0 bridgehead atoms. The van der Waals surface area contributed by atoms with Crippen LogP contribution in [0.15, 0.2) is 18.3 Å². The van der Waals surface area contributed by atoms with Gasteiger partial charge in [0.2, 0.25) is 0 Å². The van der Waals surface area contributed by atoms with Gasteiger partial charge in [0.1, 0.15) is 5.15 Å². The molecule has 17 heavy (non-hydrogen) atoms. The highest BCUT2D eigenvalue weighted by molar-refractivity contribution is 6.29. The molecule has 1 aliphatic heterocycles. The lowest BCUT2D eigenvalue weighted by Crippen LogP contribution is -2.39. The minimum absolute atomic E-state index is 0.570. The van der Waals surface area contributed by atoms with E-state index in [2.05, 4.69) is 34.8 Å². The maximum absolute atomic E-state index is 5.98. The maximum Gasteiger partial charge on any atom is 0.131 e. The van der Waals surface area contributed by atoms with Crippen molar-refractivity contribution in [2.45, 2.75) is 25.8 Å². The van der Waals surface area contributed by atoms with Gasteiger partial charge in [0.05, 0.1) is 0 Å². The van der Waals surface area contributed by atoms with E-state index in [0.29, 0.717) is 11.2 Å². The van der Waals surface area contributed by atoms with E-state index < -0.39 is 0 Å². The van der Waals surface area contributed by atoms with Gasteiger partial charge in [-0.15, -0.1) is 0 Å². The van der Waals surface area contributed by atoms with Crippen LogP contribution < -0.4 is 4.90 Å². The molecular formula is C13H20ClN3. The maximum atomic E-state index is 5.98. The van der Waals surface area contributed by atoms with Crippen molar-refractivity contribution in [1.82, 2.24) is 9.88 Å². The summed E-state index contributed by atoms with van der Waals surface area (Å²) in [5.41, 5.74) is 1.20. The molecule has 2 rings (SSSR count). The van der Waals surface area contributed by atoms with Gasteiger partial charge in [-0.25, -0.2) is 4.98 Å². The summed E-state index contributed by atoms with van der Waals surface area (Å²) >= 11 is 5.98. The average Bonchev–Trinajstić information content (AvgIpc) is 2.50. The van der Waals surface area contributed by atoms with E-state index in [1.165, 1.54) is 18.7 Å². The van der Waals surface area contributed by atoms with E-state index in [4.69, 9.17) is 11.6 Å². The number of anilines is 1. The number of nitrogens with zero attached hydrogens (tertiary/aromatic N) is 3. The summed E-state index contributed by atoms with van der Waals surface area (Å²) in [7, 11) is 2.20. The van der Waals surface area contributed by atoms with E-state index in [1.807, 2.05) is 6.07 Å². The molecule has 1 aromatic rings. The molecule has 3 nitrogen and oxygen atoms in total. The Balaban J connectivity index is 2.22. The standard InChI is InChI=1S/C13H20ClN3/c1-3-11-10-16(2)7-4-8-17(11)12-5-6-15-13(14)9-12/h5-6,9,11H,3-4,7-8,10H2,1-2H3. The molecule has 0 saturated carbocycles. The molecular weight excluding hydrogens is 234 g/mol. The van der Waals surface area contributed by atoms with Crippen LogP contribution in [0.5, 0.6) is 0 Å². The summed E-state index contributed by atoms with van der Waals surface area (Å²) in [5.74, 6) is 0. The summed E-state index contributed by atoms with van der Waals surface area (Å²) in [6, 6.07) is 4.59. The van der Waals surface area contributed by atoms with Crippen LogP contribution in [-0.2, 0) is 0 Å². The number of hydrogen-bond acceptors (Lipinski definition) is 3. The van der Waals surface area contributed by atoms with Crippen molar-refractivity contribution < 1.29 is 0 Å². The highest BCUT2D eigenvalue weighted by atomic mass is 35.5. The molecule has 0 aromatic carbocycles.